The summed E-state index contributed by atoms with van der Waals surface area (Å²) < 4.78 is 13.4. The minimum atomic E-state index is -1.13. The third-order valence-electron chi connectivity index (χ3n) is 3.14. The second-order valence-corrected chi connectivity index (χ2v) is 6.88. The van der Waals surface area contributed by atoms with Gasteiger partial charge in [0.25, 0.3) is 0 Å². The van der Waals surface area contributed by atoms with Gasteiger partial charge in [-0.25, -0.2) is 0 Å². The van der Waals surface area contributed by atoms with Gasteiger partial charge in [-0.2, -0.15) is 0 Å². The van der Waals surface area contributed by atoms with Gasteiger partial charge in [0.05, 0.1) is 21.4 Å². The van der Waals surface area contributed by atoms with E-state index in [0.717, 1.165) is 10.0 Å². The van der Waals surface area contributed by atoms with E-state index in [1.807, 2.05) is 44.2 Å². The van der Waals surface area contributed by atoms with E-state index >= 15 is 0 Å². The van der Waals surface area contributed by atoms with Crippen molar-refractivity contribution < 1.29 is 4.21 Å². The molecule has 1 atom stereocenters. The van der Waals surface area contributed by atoms with Crippen LogP contribution in [0.4, 0.5) is 5.69 Å². The Labute approximate surface area is 124 Å². The molecule has 2 rings (SSSR count). The average molecular weight is 338 g/mol. The lowest BCUT2D eigenvalue weighted by Crippen LogP contribution is -2.03. The average Bonchev–Trinajstić information content (AvgIpc) is 2.37. The number of nitrogen functional groups attached to an aromatic ring is 1. The number of aryl methyl sites for hydroxylation is 2. The summed E-state index contributed by atoms with van der Waals surface area (Å²) in [4.78, 5) is 0.692. The van der Waals surface area contributed by atoms with Gasteiger partial charge < -0.3 is 5.73 Å². The molecule has 0 aromatic heterocycles. The van der Waals surface area contributed by atoms with Crippen LogP contribution in [0.15, 0.2) is 45.8 Å². The molecule has 4 heteroatoms. The van der Waals surface area contributed by atoms with Crippen molar-refractivity contribution in [1.82, 2.24) is 0 Å². The van der Waals surface area contributed by atoms with Gasteiger partial charge in [-0.1, -0.05) is 34.1 Å². The van der Waals surface area contributed by atoms with Crippen LogP contribution in [0.1, 0.15) is 16.7 Å². The van der Waals surface area contributed by atoms with Crippen molar-refractivity contribution in [3.63, 3.8) is 0 Å². The summed E-state index contributed by atoms with van der Waals surface area (Å²) in [5.41, 5.74) is 9.96. The number of nitrogens with two attached hydrogens (primary N) is 1. The summed E-state index contributed by atoms with van der Waals surface area (Å²) >= 11 is 3.39. The zero-order valence-corrected chi connectivity index (χ0v) is 13.3. The third kappa shape index (κ3) is 3.25. The Hall–Kier alpha value is -1.13. The van der Waals surface area contributed by atoms with Crippen LogP contribution in [-0.2, 0) is 16.6 Å². The maximum atomic E-state index is 12.5. The zero-order valence-electron chi connectivity index (χ0n) is 10.9. The van der Waals surface area contributed by atoms with Crippen molar-refractivity contribution in [1.29, 1.82) is 0 Å². The predicted molar refractivity (Wildman–Crippen MR) is 84.6 cm³/mol. The van der Waals surface area contributed by atoms with Gasteiger partial charge in [-0.3, -0.25) is 4.21 Å². The summed E-state index contributed by atoms with van der Waals surface area (Å²) in [6, 6.07) is 11.6. The lowest BCUT2D eigenvalue weighted by molar-refractivity contribution is 0.682. The molecule has 0 radical (unpaired) electrons. The summed E-state index contributed by atoms with van der Waals surface area (Å²) in [6.45, 7) is 4.09. The van der Waals surface area contributed by atoms with Crippen LogP contribution in [0.25, 0.3) is 0 Å². The van der Waals surface area contributed by atoms with Crippen LogP contribution >= 0.6 is 15.9 Å². The normalized spacial score (nSPS) is 12.4. The molecular formula is C15H16BrNOS. The van der Waals surface area contributed by atoms with E-state index in [9.17, 15) is 4.21 Å². The Morgan fingerprint density at radius 1 is 1.16 bits per heavy atom. The highest BCUT2D eigenvalue weighted by Crippen LogP contribution is 2.25. The molecule has 2 aromatic carbocycles. The minimum Gasteiger partial charge on any atom is -0.398 e. The summed E-state index contributed by atoms with van der Waals surface area (Å²) in [6.07, 6.45) is 0. The fourth-order valence-corrected chi connectivity index (χ4v) is 3.97. The molecule has 0 saturated carbocycles. The van der Waals surface area contributed by atoms with Gasteiger partial charge in [-0.05, 0) is 48.7 Å². The van der Waals surface area contributed by atoms with E-state index in [4.69, 9.17) is 5.73 Å². The third-order valence-corrected chi connectivity index (χ3v) is 5.03. The van der Waals surface area contributed by atoms with E-state index in [1.165, 1.54) is 11.1 Å². The Morgan fingerprint density at radius 2 is 1.79 bits per heavy atom. The number of benzene rings is 2. The molecule has 0 bridgehead atoms. The van der Waals surface area contributed by atoms with E-state index in [1.54, 1.807) is 6.07 Å². The zero-order chi connectivity index (χ0) is 14.0. The number of hydrogen-bond donors (Lipinski definition) is 1. The van der Waals surface area contributed by atoms with Gasteiger partial charge in [0.15, 0.2) is 0 Å². The van der Waals surface area contributed by atoms with Crippen molar-refractivity contribution >= 4 is 32.4 Å². The van der Waals surface area contributed by atoms with E-state index in [0.29, 0.717) is 16.3 Å². The first-order chi connectivity index (χ1) is 8.99. The lowest BCUT2D eigenvalue weighted by Gasteiger charge is -2.11. The maximum Gasteiger partial charge on any atom is 0.0632 e. The van der Waals surface area contributed by atoms with Gasteiger partial charge >= 0.3 is 0 Å². The van der Waals surface area contributed by atoms with Crippen LogP contribution in [-0.4, -0.2) is 4.21 Å². The van der Waals surface area contributed by atoms with Crippen LogP contribution in [0.2, 0.25) is 0 Å². The van der Waals surface area contributed by atoms with Crippen molar-refractivity contribution in [2.24, 2.45) is 0 Å². The van der Waals surface area contributed by atoms with Crippen molar-refractivity contribution in [2.45, 2.75) is 24.5 Å². The van der Waals surface area contributed by atoms with Crippen molar-refractivity contribution in [2.75, 3.05) is 5.73 Å². The highest BCUT2D eigenvalue weighted by atomic mass is 79.9. The van der Waals surface area contributed by atoms with Gasteiger partial charge in [-0.15, -0.1) is 0 Å². The number of anilines is 1. The van der Waals surface area contributed by atoms with E-state index in [2.05, 4.69) is 15.9 Å². The molecule has 0 amide bonds. The Balaban J connectivity index is 2.34. The quantitative estimate of drug-likeness (QED) is 0.861. The van der Waals surface area contributed by atoms with E-state index in [-0.39, 0.29) is 0 Å². The summed E-state index contributed by atoms with van der Waals surface area (Å²) in [5.74, 6) is 0.499. The molecule has 2 nitrogen and oxygen atoms in total. The Morgan fingerprint density at radius 3 is 2.42 bits per heavy atom. The molecule has 0 saturated heterocycles. The highest BCUT2D eigenvalue weighted by molar-refractivity contribution is 9.10. The molecule has 19 heavy (non-hydrogen) atoms. The van der Waals surface area contributed by atoms with Gasteiger partial charge in [0.2, 0.25) is 0 Å². The number of hydrogen-bond acceptors (Lipinski definition) is 2. The second-order valence-electron chi connectivity index (χ2n) is 4.54. The largest absolute Gasteiger partial charge is 0.398 e. The first kappa shape index (κ1) is 14.3. The predicted octanol–water partition coefficient (Wildman–Crippen LogP) is 3.96. The molecule has 100 valence electrons. The fraction of sp³-hybridized carbons (Fsp3) is 0.200. The summed E-state index contributed by atoms with van der Waals surface area (Å²) in [5, 5.41) is 0. The number of rotatable bonds is 3. The standard InChI is InChI=1S/C15H16BrNOS/c1-10-4-3-5-11(2)13(10)9-19(18)15-8-12(16)6-7-14(15)17/h3-8H,9,17H2,1-2H3. The van der Waals surface area contributed by atoms with Crippen molar-refractivity contribution in [3.05, 3.63) is 57.6 Å². The molecule has 0 aliphatic heterocycles. The number of halogens is 1. The lowest BCUT2D eigenvalue weighted by atomic mass is 10.1. The molecule has 0 spiro atoms. The summed E-state index contributed by atoms with van der Waals surface area (Å²) in [7, 11) is -1.13. The first-order valence-electron chi connectivity index (χ1n) is 5.97. The molecule has 0 aliphatic carbocycles. The van der Waals surface area contributed by atoms with Crippen LogP contribution in [0, 0.1) is 13.8 Å². The smallest absolute Gasteiger partial charge is 0.0632 e. The van der Waals surface area contributed by atoms with Gasteiger partial charge in [0.1, 0.15) is 0 Å². The van der Waals surface area contributed by atoms with Gasteiger partial charge in [0, 0.05) is 10.2 Å². The van der Waals surface area contributed by atoms with Crippen LogP contribution in [0.3, 0.4) is 0 Å². The molecular weight excluding hydrogens is 322 g/mol. The Kier molecular flexibility index (Phi) is 4.42. The van der Waals surface area contributed by atoms with Crippen molar-refractivity contribution in [3.8, 4) is 0 Å². The van der Waals surface area contributed by atoms with Crippen LogP contribution in [0.5, 0.6) is 0 Å². The molecule has 1 unspecified atom stereocenters. The molecule has 0 fully saturated rings. The molecule has 0 heterocycles. The molecule has 2 N–H and O–H groups in total. The minimum absolute atomic E-state index is 0.499. The molecule has 2 aromatic rings. The SMILES string of the molecule is Cc1cccc(C)c1CS(=O)c1cc(Br)ccc1N. The molecule has 0 aliphatic rings. The Bertz CT molecular complexity index is 620. The first-order valence-corrected chi connectivity index (χ1v) is 8.08. The van der Waals surface area contributed by atoms with Crippen LogP contribution < -0.4 is 5.73 Å². The second kappa shape index (κ2) is 5.88. The van der Waals surface area contributed by atoms with E-state index < -0.39 is 10.8 Å². The monoisotopic (exact) mass is 337 g/mol. The topological polar surface area (TPSA) is 43.1 Å². The highest BCUT2D eigenvalue weighted by Gasteiger charge is 2.12. The maximum absolute atomic E-state index is 12.5. The fourth-order valence-electron chi connectivity index (χ4n) is 1.99.